The minimum atomic E-state index is -0.227. The fourth-order valence-electron chi connectivity index (χ4n) is 2.54. The van der Waals surface area contributed by atoms with E-state index >= 15 is 0 Å². The van der Waals surface area contributed by atoms with E-state index in [0.29, 0.717) is 28.8 Å². The molecule has 2 heterocycles. The number of anilines is 1. The Bertz CT molecular complexity index is 1100. The summed E-state index contributed by atoms with van der Waals surface area (Å²) in [5.41, 5.74) is 2.13. The van der Waals surface area contributed by atoms with Crippen LogP contribution in [0.1, 0.15) is 23.2 Å². The van der Waals surface area contributed by atoms with Crippen LogP contribution in [0.15, 0.2) is 47.0 Å². The first-order valence-electron chi connectivity index (χ1n) is 8.35. The summed E-state index contributed by atoms with van der Waals surface area (Å²) in [4.78, 5) is 21.2. The molecule has 2 aromatic carbocycles. The molecule has 1 amide bonds. The highest BCUT2D eigenvalue weighted by atomic mass is 32.1. The molecule has 27 heavy (non-hydrogen) atoms. The van der Waals surface area contributed by atoms with Gasteiger partial charge in [0.1, 0.15) is 5.75 Å². The van der Waals surface area contributed by atoms with Crippen molar-refractivity contribution in [2.45, 2.75) is 13.3 Å². The summed E-state index contributed by atoms with van der Waals surface area (Å²) in [5.74, 6) is 1.63. The molecular formula is C19H16N4O3S. The van der Waals surface area contributed by atoms with E-state index in [1.165, 1.54) is 11.3 Å². The number of carbonyl (C=O) groups is 1. The number of hydrogen-bond acceptors (Lipinski definition) is 7. The number of amides is 1. The van der Waals surface area contributed by atoms with Crippen molar-refractivity contribution < 1.29 is 14.1 Å². The molecule has 0 fully saturated rings. The maximum atomic E-state index is 12.5. The number of fused-ring (bicyclic) bond motifs is 1. The van der Waals surface area contributed by atoms with E-state index in [1.807, 2.05) is 25.1 Å². The molecule has 0 bridgehead atoms. The van der Waals surface area contributed by atoms with Crippen LogP contribution in [-0.2, 0) is 6.42 Å². The number of carbonyl (C=O) groups excluding carboxylic acids is 1. The van der Waals surface area contributed by atoms with Gasteiger partial charge in [0.05, 0.1) is 17.3 Å². The Hall–Kier alpha value is -3.26. The molecule has 2 aromatic heterocycles. The SMILES string of the molecule is CCc1nc(-c2ccc(C(=O)Nc3nc4ccc(OC)cc4s3)cc2)no1. The average molecular weight is 380 g/mol. The summed E-state index contributed by atoms with van der Waals surface area (Å²) < 4.78 is 11.3. The van der Waals surface area contributed by atoms with Crippen molar-refractivity contribution in [1.82, 2.24) is 15.1 Å². The third-order valence-electron chi connectivity index (χ3n) is 3.99. The van der Waals surface area contributed by atoms with Crippen LogP contribution in [0.2, 0.25) is 0 Å². The van der Waals surface area contributed by atoms with Crippen molar-refractivity contribution in [3.05, 3.63) is 53.9 Å². The number of rotatable bonds is 5. The standard InChI is InChI=1S/C19H16N4O3S/c1-3-16-21-17(23-26-16)11-4-6-12(7-5-11)18(24)22-19-20-14-9-8-13(25-2)10-15(14)27-19/h4-10H,3H2,1-2H3,(H,20,22,24). The van der Waals surface area contributed by atoms with Gasteiger partial charge in [0.2, 0.25) is 11.7 Å². The molecule has 7 nitrogen and oxygen atoms in total. The number of aryl methyl sites for hydroxylation is 1. The molecule has 0 aliphatic rings. The Labute approximate surface area is 159 Å². The van der Waals surface area contributed by atoms with Gasteiger partial charge in [-0.05, 0) is 30.3 Å². The average Bonchev–Trinajstić information content (AvgIpc) is 3.33. The molecule has 0 spiro atoms. The second kappa shape index (κ2) is 7.16. The van der Waals surface area contributed by atoms with Gasteiger partial charge in [-0.3, -0.25) is 10.1 Å². The van der Waals surface area contributed by atoms with Gasteiger partial charge in [0.25, 0.3) is 5.91 Å². The van der Waals surface area contributed by atoms with Crippen molar-refractivity contribution in [3.8, 4) is 17.1 Å². The first-order valence-corrected chi connectivity index (χ1v) is 9.17. The zero-order valence-electron chi connectivity index (χ0n) is 14.7. The summed E-state index contributed by atoms with van der Waals surface area (Å²) in [5, 5.41) is 7.31. The van der Waals surface area contributed by atoms with Gasteiger partial charge in [-0.15, -0.1) is 0 Å². The number of aromatic nitrogens is 3. The number of thiazole rings is 1. The lowest BCUT2D eigenvalue weighted by molar-refractivity contribution is 0.102. The topological polar surface area (TPSA) is 90.1 Å². The van der Waals surface area contributed by atoms with E-state index in [1.54, 1.807) is 31.4 Å². The summed E-state index contributed by atoms with van der Waals surface area (Å²) in [6, 6.07) is 12.6. The lowest BCUT2D eigenvalue weighted by atomic mass is 10.1. The van der Waals surface area contributed by atoms with E-state index in [9.17, 15) is 4.79 Å². The van der Waals surface area contributed by atoms with Gasteiger partial charge in [0.15, 0.2) is 5.13 Å². The monoisotopic (exact) mass is 380 g/mol. The normalized spacial score (nSPS) is 10.9. The molecule has 0 unspecified atom stereocenters. The van der Waals surface area contributed by atoms with Crippen LogP contribution in [-0.4, -0.2) is 28.1 Å². The minimum Gasteiger partial charge on any atom is -0.497 e. The fourth-order valence-corrected chi connectivity index (χ4v) is 3.43. The molecule has 136 valence electrons. The Morgan fingerprint density at radius 3 is 2.70 bits per heavy atom. The molecule has 0 atom stereocenters. The van der Waals surface area contributed by atoms with Gasteiger partial charge in [-0.1, -0.05) is 35.5 Å². The van der Waals surface area contributed by atoms with Crippen LogP contribution in [0.3, 0.4) is 0 Å². The second-order valence-electron chi connectivity index (χ2n) is 5.75. The van der Waals surface area contributed by atoms with Crippen molar-refractivity contribution in [2.75, 3.05) is 12.4 Å². The lowest BCUT2D eigenvalue weighted by Gasteiger charge is -2.02. The Morgan fingerprint density at radius 2 is 2.00 bits per heavy atom. The smallest absolute Gasteiger partial charge is 0.257 e. The lowest BCUT2D eigenvalue weighted by Crippen LogP contribution is -2.11. The summed E-state index contributed by atoms with van der Waals surface area (Å²) in [7, 11) is 1.62. The molecule has 4 aromatic rings. The third kappa shape index (κ3) is 3.52. The number of ether oxygens (including phenoxy) is 1. The van der Waals surface area contributed by atoms with Gasteiger partial charge < -0.3 is 9.26 Å². The number of nitrogens with one attached hydrogen (secondary N) is 1. The summed E-state index contributed by atoms with van der Waals surface area (Å²) >= 11 is 1.40. The largest absolute Gasteiger partial charge is 0.497 e. The molecule has 0 aliphatic heterocycles. The predicted molar refractivity (Wildman–Crippen MR) is 103 cm³/mol. The first-order chi connectivity index (χ1) is 13.2. The summed E-state index contributed by atoms with van der Waals surface area (Å²) in [6.07, 6.45) is 0.682. The highest BCUT2D eigenvalue weighted by molar-refractivity contribution is 7.22. The van der Waals surface area contributed by atoms with E-state index in [0.717, 1.165) is 21.5 Å². The van der Waals surface area contributed by atoms with E-state index in [-0.39, 0.29) is 5.91 Å². The van der Waals surface area contributed by atoms with Crippen LogP contribution < -0.4 is 10.1 Å². The van der Waals surface area contributed by atoms with Crippen molar-refractivity contribution >= 4 is 32.6 Å². The Morgan fingerprint density at radius 1 is 1.19 bits per heavy atom. The Kier molecular flexibility index (Phi) is 4.55. The van der Waals surface area contributed by atoms with E-state index < -0.39 is 0 Å². The zero-order valence-corrected chi connectivity index (χ0v) is 15.5. The van der Waals surface area contributed by atoms with Crippen molar-refractivity contribution in [3.63, 3.8) is 0 Å². The van der Waals surface area contributed by atoms with Crippen molar-refractivity contribution in [2.24, 2.45) is 0 Å². The van der Waals surface area contributed by atoms with Crippen LogP contribution in [0.4, 0.5) is 5.13 Å². The number of nitrogens with zero attached hydrogens (tertiary/aromatic N) is 3. The molecule has 0 radical (unpaired) electrons. The maximum Gasteiger partial charge on any atom is 0.257 e. The van der Waals surface area contributed by atoms with Crippen LogP contribution in [0, 0.1) is 0 Å². The van der Waals surface area contributed by atoms with E-state index in [4.69, 9.17) is 9.26 Å². The molecule has 1 N–H and O–H groups in total. The maximum absolute atomic E-state index is 12.5. The number of methoxy groups -OCH3 is 1. The molecule has 0 aliphatic carbocycles. The minimum absolute atomic E-state index is 0.227. The highest BCUT2D eigenvalue weighted by Crippen LogP contribution is 2.29. The quantitative estimate of drug-likeness (QED) is 0.559. The van der Waals surface area contributed by atoms with Crippen LogP contribution >= 0.6 is 11.3 Å². The van der Waals surface area contributed by atoms with E-state index in [2.05, 4.69) is 20.4 Å². The second-order valence-corrected chi connectivity index (χ2v) is 6.78. The summed E-state index contributed by atoms with van der Waals surface area (Å²) in [6.45, 7) is 1.95. The van der Waals surface area contributed by atoms with Gasteiger partial charge in [0, 0.05) is 17.5 Å². The van der Waals surface area contributed by atoms with Crippen molar-refractivity contribution in [1.29, 1.82) is 0 Å². The fraction of sp³-hybridized carbons (Fsp3) is 0.158. The van der Waals surface area contributed by atoms with Gasteiger partial charge in [-0.2, -0.15) is 4.98 Å². The third-order valence-corrected chi connectivity index (χ3v) is 4.93. The highest BCUT2D eigenvalue weighted by Gasteiger charge is 2.12. The predicted octanol–water partition coefficient (Wildman–Crippen LogP) is 4.17. The van der Waals surface area contributed by atoms with Gasteiger partial charge >= 0.3 is 0 Å². The molecule has 0 saturated carbocycles. The first kappa shape index (κ1) is 17.2. The van der Waals surface area contributed by atoms with Crippen LogP contribution in [0.25, 0.3) is 21.6 Å². The molecule has 0 saturated heterocycles. The zero-order chi connectivity index (χ0) is 18.8. The molecule has 8 heteroatoms. The van der Waals surface area contributed by atoms with Gasteiger partial charge in [-0.25, -0.2) is 4.98 Å². The van der Waals surface area contributed by atoms with Crippen LogP contribution in [0.5, 0.6) is 5.75 Å². The Balaban J connectivity index is 1.51. The molecule has 4 rings (SSSR count). The number of hydrogen-bond donors (Lipinski definition) is 1. The molecular weight excluding hydrogens is 364 g/mol. The number of benzene rings is 2.